The Kier molecular flexibility index (Phi) is 5.88. The van der Waals surface area contributed by atoms with Gasteiger partial charge in [-0.1, -0.05) is 6.07 Å². The highest BCUT2D eigenvalue weighted by molar-refractivity contribution is 5.76. The number of urea groups is 1. The number of hydrogen-bond donors (Lipinski definition) is 2. The molecule has 3 aromatic heterocycles. The van der Waals surface area contributed by atoms with Crippen molar-refractivity contribution < 1.29 is 13.6 Å². The first kappa shape index (κ1) is 22.7. The Morgan fingerprint density at radius 3 is 2.89 bits per heavy atom. The van der Waals surface area contributed by atoms with Gasteiger partial charge in [0.2, 0.25) is 0 Å². The summed E-state index contributed by atoms with van der Waals surface area (Å²) < 4.78 is 30.2. The van der Waals surface area contributed by atoms with E-state index in [0.717, 1.165) is 47.5 Å². The van der Waals surface area contributed by atoms with E-state index in [9.17, 15) is 13.6 Å². The van der Waals surface area contributed by atoms with Crippen LogP contribution in [0.15, 0.2) is 48.9 Å². The van der Waals surface area contributed by atoms with Crippen LogP contribution in [-0.4, -0.2) is 61.1 Å². The molecule has 0 radical (unpaired) electrons. The molecule has 2 aliphatic rings. The van der Waals surface area contributed by atoms with Crippen molar-refractivity contribution in [1.29, 1.82) is 0 Å². The van der Waals surface area contributed by atoms with Crippen molar-refractivity contribution in [3.63, 3.8) is 0 Å². The van der Waals surface area contributed by atoms with Crippen LogP contribution in [-0.2, 0) is 19.5 Å². The highest BCUT2D eigenvalue weighted by Gasteiger charge is 2.29. The first-order valence-corrected chi connectivity index (χ1v) is 12.2. The molecular weight excluding hydrogens is 464 g/mol. The van der Waals surface area contributed by atoms with Gasteiger partial charge in [0.25, 0.3) is 0 Å². The lowest BCUT2D eigenvalue weighted by Crippen LogP contribution is -2.52. The van der Waals surface area contributed by atoms with Gasteiger partial charge in [-0.05, 0) is 43.7 Å². The van der Waals surface area contributed by atoms with Gasteiger partial charge in [-0.3, -0.25) is 10.00 Å². The molecule has 1 saturated heterocycles. The van der Waals surface area contributed by atoms with Crippen molar-refractivity contribution >= 4 is 11.7 Å². The van der Waals surface area contributed by atoms with E-state index >= 15 is 0 Å². The fourth-order valence-electron chi connectivity index (χ4n) is 5.26. The van der Waals surface area contributed by atoms with Crippen molar-refractivity contribution in [2.24, 2.45) is 0 Å². The molecule has 6 rings (SSSR count). The number of H-pyrrole nitrogens is 1. The first-order valence-electron chi connectivity index (χ1n) is 12.2. The van der Waals surface area contributed by atoms with Crippen LogP contribution in [0.2, 0.25) is 0 Å². The Morgan fingerprint density at radius 1 is 1.17 bits per heavy atom. The number of rotatable bonds is 4. The summed E-state index contributed by atoms with van der Waals surface area (Å²) in [6.45, 7) is 2.55. The third-order valence-corrected chi connectivity index (χ3v) is 7.16. The topological polar surface area (TPSA) is 81.6 Å². The van der Waals surface area contributed by atoms with Crippen molar-refractivity contribution in [3.8, 4) is 11.3 Å². The molecular formula is C26H27F2N7O. The Labute approximate surface area is 206 Å². The molecule has 0 unspecified atom stereocenters. The predicted octanol–water partition coefficient (Wildman–Crippen LogP) is 3.73. The minimum atomic E-state index is -0.534. The molecule has 186 valence electrons. The summed E-state index contributed by atoms with van der Waals surface area (Å²) in [6, 6.07) is 7.68. The third-order valence-electron chi connectivity index (χ3n) is 7.16. The first-order chi connectivity index (χ1) is 17.5. The standard InChI is InChI=1S/C26H27F2N7O/c27-21-4-1-5-22(28)19(21)15-33-10-2-3-18(14-33)30-26(36)35-11-8-23-20(16-35)25(32-31-23)17-6-7-24-29-9-12-34(24)13-17/h1,4-7,9,12-13,18H,2-3,8,10-11,14-16H2,(H,30,36)(H,31,32)/t18-/m1/s1. The number of imidazole rings is 1. The van der Waals surface area contributed by atoms with Gasteiger partial charge in [0.05, 0.1) is 12.2 Å². The van der Waals surface area contributed by atoms with Gasteiger partial charge >= 0.3 is 6.03 Å². The molecule has 1 fully saturated rings. The fraction of sp³-hybridized carbons (Fsp3) is 0.346. The number of nitrogens with zero attached hydrogens (tertiary/aromatic N) is 5. The van der Waals surface area contributed by atoms with Crippen molar-refractivity contribution in [3.05, 3.63) is 77.4 Å². The van der Waals surface area contributed by atoms with Crippen LogP contribution in [0.5, 0.6) is 0 Å². The van der Waals surface area contributed by atoms with Crippen molar-refractivity contribution in [2.45, 2.75) is 38.4 Å². The molecule has 4 aromatic rings. The number of benzene rings is 1. The SMILES string of the molecule is O=C(N[C@@H]1CCCN(Cc2c(F)cccc2F)C1)N1CCc2[nH]nc(-c3ccc4nccn4c3)c2C1. The molecule has 1 aromatic carbocycles. The van der Waals surface area contributed by atoms with E-state index < -0.39 is 11.6 Å². The number of aromatic nitrogens is 4. The van der Waals surface area contributed by atoms with E-state index in [1.165, 1.54) is 18.2 Å². The number of nitrogens with one attached hydrogen (secondary N) is 2. The number of aromatic amines is 1. The normalized spacial score (nSPS) is 18.4. The molecule has 0 aliphatic carbocycles. The Morgan fingerprint density at radius 2 is 2.03 bits per heavy atom. The summed E-state index contributed by atoms with van der Waals surface area (Å²) >= 11 is 0. The third kappa shape index (κ3) is 4.32. The van der Waals surface area contributed by atoms with Gasteiger partial charge in [-0.2, -0.15) is 5.10 Å². The average Bonchev–Trinajstić information content (AvgIpc) is 3.52. The number of piperidine rings is 1. The van der Waals surface area contributed by atoms with E-state index in [2.05, 4.69) is 20.5 Å². The van der Waals surface area contributed by atoms with Crippen LogP contribution >= 0.6 is 0 Å². The Bertz CT molecular complexity index is 1390. The molecule has 1 atom stereocenters. The second kappa shape index (κ2) is 9.34. The van der Waals surface area contributed by atoms with Gasteiger partial charge in [0.15, 0.2) is 0 Å². The summed E-state index contributed by atoms with van der Waals surface area (Å²) in [4.78, 5) is 21.3. The van der Waals surface area contributed by atoms with Gasteiger partial charge in [-0.15, -0.1) is 0 Å². The van der Waals surface area contributed by atoms with Crippen molar-refractivity contribution in [1.82, 2.24) is 34.7 Å². The van der Waals surface area contributed by atoms with E-state index in [0.29, 0.717) is 26.1 Å². The lowest BCUT2D eigenvalue weighted by Gasteiger charge is -2.35. The lowest BCUT2D eigenvalue weighted by atomic mass is 10.0. The molecule has 0 bridgehead atoms. The van der Waals surface area contributed by atoms with Gasteiger partial charge in [0, 0.05) is 73.1 Å². The summed E-state index contributed by atoms with van der Waals surface area (Å²) in [5, 5.41) is 10.8. The molecule has 2 N–H and O–H groups in total. The van der Waals surface area contributed by atoms with Crippen LogP contribution in [0.25, 0.3) is 16.9 Å². The zero-order valence-corrected chi connectivity index (χ0v) is 19.8. The Hall–Kier alpha value is -3.79. The van der Waals surface area contributed by atoms with Crippen LogP contribution in [0.4, 0.5) is 13.6 Å². The van der Waals surface area contributed by atoms with Crippen LogP contribution in [0, 0.1) is 11.6 Å². The summed E-state index contributed by atoms with van der Waals surface area (Å²) in [5.41, 5.74) is 4.82. The maximum atomic E-state index is 14.1. The maximum Gasteiger partial charge on any atom is 0.317 e. The number of halogens is 2. The van der Waals surface area contributed by atoms with E-state index in [1.807, 2.05) is 38.7 Å². The summed E-state index contributed by atoms with van der Waals surface area (Å²) in [7, 11) is 0. The molecule has 0 saturated carbocycles. The Balaban J connectivity index is 1.12. The molecule has 5 heterocycles. The molecule has 8 nitrogen and oxygen atoms in total. The second-order valence-electron chi connectivity index (χ2n) is 9.54. The van der Waals surface area contributed by atoms with Crippen LogP contribution in [0.3, 0.4) is 0 Å². The number of likely N-dealkylation sites (tertiary alicyclic amines) is 1. The molecule has 10 heteroatoms. The van der Waals surface area contributed by atoms with E-state index in [4.69, 9.17) is 0 Å². The smallest absolute Gasteiger partial charge is 0.317 e. The van der Waals surface area contributed by atoms with Crippen LogP contribution in [0.1, 0.15) is 29.7 Å². The molecule has 2 aliphatic heterocycles. The highest BCUT2D eigenvalue weighted by Crippen LogP contribution is 2.29. The minimum absolute atomic E-state index is 0.0741. The minimum Gasteiger partial charge on any atom is -0.334 e. The number of hydrogen-bond acceptors (Lipinski definition) is 4. The number of pyridine rings is 1. The zero-order valence-electron chi connectivity index (χ0n) is 19.8. The van der Waals surface area contributed by atoms with Gasteiger partial charge in [0.1, 0.15) is 17.3 Å². The van der Waals surface area contributed by atoms with Gasteiger partial charge in [-0.25, -0.2) is 18.6 Å². The van der Waals surface area contributed by atoms with Crippen LogP contribution < -0.4 is 5.32 Å². The number of carbonyl (C=O) groups excluding carboxylic acids is 1. The molecule has 0 spiro atoms. The van der Waals surface area contributed by atoms with E-state index in [1.54, 1.807) is 6.20 Å². The summed E-state index contributed by atoms with van der Waals surface area (Å²) in [6.07, 6.45) is 8.03. The van der Waals surface area contributed by atoms with E-state index in [-0.39, 0.29) is 24.2 Å². The number of carbonyl (C=O) groups is 1. The van der Waals surface area contributed by atoms with Crippen molar-refractivity contribution in [2.75, 3.05) is 19.6 Å². The largest absolute Gasteiger partial charge is 0.334 e. The second-order valence-corrected chi connectivity index (χ2v) is 9.54. The number of fused-ring (bicyclic) bond motifs is 2. The lowest BCUT2D eigenvalue weighted by molar-refractivity contribution is 0.158. The quantitative estimate of drug-likeness (QED) is 0.456. The average molecular weight is 492 g/mol. The summed E-state index contributed by atoms with van der Waals surface area (Å²) in [5.74, 6) is -1.07. The fourth-order valence-corrected chi connectivity index (χ4v) is 5.26. The molecule has 36 heavy (non-hydrogen) atoms. The maximum absolute atomic E-state index is 14.1. The monoisotopic (exact) mass is 491 g/mol. The zero-order chi connectivity index (χ0) is 24.6. The molecule has 2 amide bonds. The highest BCUT2D eigenvalue weighted by atomic mass is 19.1. The number of amides is 2. The predicted molar refractivity (Wildman–Crippen MR) is 130 cm³/mol. The van der Waals surface area contributed by atoms with Gasteiger partial charge < -0.3 is 14.6 Å².